The van der Waals surface area contributed by atoms with Gasteiger partial charge < -0.3 is 19.4 Å². The summed E-state index contributed by atoms with van der Waals surface area (Å²) in [5.41, 5.74) is 2.20. The third-order valence-electron chi connectivity index (χ3n) is 4.37. The van der Waals surface area contributed by atoms with Gasteiger partial charge in [-0.2, -0.15) is 5.26 Å². The zero-order valence-electron chi connectivity index (χ0n) is 15.8. The van der Waals surface area contributed by atoms with Gasteiger partial charge in [-0.05, 0) is 36.1 Å². The lowest BCUT2D eigenvalue weighted by molar-refractivity contribution is -0.306. The molecule has 0 radical (unpaired) electrons. The highest BCUT2D eigenvalue weighted by Gasteiger charge is 2.16. The van der Waals surface area contributed by atoms with Gasteiger partial charge in [0.15, 0.2) is 0 Å². The smallest absolute Gasteiger partial charge is 0.141 e. The molecule has 1 atom stereocenters. The molecule has 0 fully saturated rings. The van der Waals surface area contributed by atoms with Gasteiger partial charge in [0.05, 0.1) is 5.56 Å². The number of ether oxygens (including phenoxy) is 2. The largest absolute Gasteiger partial charge is 0.550 e. The summed E-state index contributed by atoms with van der Waals surface area (Å²) in [4.78, 5) is 10.9. The van der Waals surface area contributed by atoms with Gasteiger partial charge in [-0.3, -0.25) is 0 Å². The predicted octanol–water partition coefficient (Wildman–Crippen LogP) is 3.79. The first-order chi connectivity index (χ1) is 14.2. The molecule has 0 spiro atoms. The number of rotatable bonds is 9. The Kier molecular flexibility index (Phi) is 6.85. The maximum absolute atomic E-state index is 10.9. The lowest BCUT2D eigenvalue weighted by Crippen LogP contribution is -2.23. The zero-order valence-corrected chi connectivity index (χ0v) is 15.8. The van der Waals surface area contributed by atoms with E-state index in [9.17, 15) is 15.2 Å². The molecule has 146 valence electrons. The number of nitrogens with zero attached hydrogens (tertiary/aromatic N) is 1. The Balaban J connectivity index is 1.80. The highest BCUT2D eigenvalue weighted by Crippen LogP contribution is 2.31. The van der Waals surface area contributed by atoms with E-state index in [2.05, 4.69) is 6.07 Å². The molecule has 0 aliphatic heterocycles. The third-order valence-corrected chi connectivity index (χ3v) is 4.37. The summed E-state index contributed by atoms with van der Waals surface area (Å²) in [6.07, 6.45) is -0.441. The van der Waals surface area contributed by atoms with Crippen molar-refractivity contribution < 1.29 is 19.4 Å². The number of hydrogen-bond acceptors (Lipinski definition) is 5. The Morgan fingerprint density at radius 3 is 2.34 bits per heavy atom. The van der Waals surface area contributed by atoms with Crippen LogP contribution in [0.3, 0.4) is 0 Å². The number of aliphatic carboxylic acids is 1. The first-order valence-corrected chi connectivity index (χ1v) is 9.28. The fraction of sp³-hybridized carbons (Fsp3) is 0.167. The fourth-order valence-corrected chi connectivity index (χ4v) is 2.89. The molecule has 0 saturated carbocycles. The van der Waals surface area contributed by atoms with Crippen LogP contribution in [-0.2, 0) is 11.4 Å². The zero-order chi connectivity index (χ0) is 20.5. The number of carbonyl (C=O) groups is 1. The van der Waals surface area contributed by atoms with Crippen molar-refractivity contribution in [1.82, 2.24) is 0 Å². The van der Waals surface area contributed by atoms with Crippen molar-refractivity contribution in [2.24, 2.45) is 0 Å². The standard InChI is InChI=1S/C24H21NO4/c25-16-20-11-12-21(28-17-18-7-3-1-4-8-18)15-23(20)29-22(13-14-24(26)27)19-9-5-2-6-10-19/h1-12,15,22H,13-14,17H2,(H,26,27)/p-1. The molecule has 1 unspecified atom stereocenters. The van der Waals surface area contributed by atoms with Crippen LogP contribution in [0, 0.1) is 11.3 Å². The number of carboxylic acids is 1. The van der Waals surface area contributed by atoms with Crippen molar-refractivity contribution in [3.8, 4) is 17.6 Å². The molecule has 3 rings (SSSR count). The first-order valence-electron chi connectivity index (χ1n) is 9.28. The molecule has 0 aromatic heterocycles. The average molecular weight is 386 g/mol. The molecule has 0 amide bonds. The van der Waals surface area contributed by atoms with Crippen LogP contribution < -0.4 is 14.6 Å². The summed E-state index contributed by atoms with van der Waals surface area (Å²) in [7, 11) is 0. The van der Waals surface area contributed by atoms with E-state index in [1.807, 2.05) is 60.7 Å². The van der Waals surface area contributed by atoms with Gasteiger partial charge in [-0.15, -0.1) is 0 Å². The summed E-state index contributed by atoms with van der Waals surface area (Å²) in [5, 5.41) is 20.4. The quantitative estimate of drug-likeness (QED) is 0.559. The minimum atomic E-state index is -1.14. The van der Waals surface area contributed by atoms with E-state index in [1.54, 1.807) is 18.2 Å². The van der Waals surface area contributed by atoms with E-state index in [-0.39, 0.29) is 12.8 Å². The van der Waals surface area contributed by atoms with E-state index in [1.165, 1.54) is 0 Å². The van der Waals surface area contributed by atoms with Crippen LogP contribution in [0.5, 0.6) is 11.5 Å². The summed E-state index contributed by atoms with van der Waals surface area (Å²) in [6.45, 7) is 0.388. The number of nitriles is 1. The Hall–Kier alpha value is -3.78. The highest BCUT2D eigenvalue weighted by atomic mass is 16.5. The molecule has 3 aromatic rings. The number of carbonyl (C=O) groups excluding carboxylic acids is 1. The summed E-state index contributed by atoms with van der Waals surface area (Å²) < 4.78 is 11.9. The van der Waals surface area contributed by atoms with Crippen LogP contribution in [0.25, 0.3) is 0 Å². The van der Waals surface area contributed by atoms with Crippen LogP contribution in [-0.4, -0.2) is 5.97 Å². The SMILES string of the molecule is N#Cc1ccc(OCc2ccccc2)cc1OC(CCC(=O)[O-])c1ccccc1. The highest BCUT2D eigenvalue weighted by molar-refractivity contribution is 5.64. The van der Waals surface area contributed by atoms with Gasteiger partial charge in [-0.1, -0.05) is 60.7 Å². The van der Waals surface area contributed by atoms with Crippen LogP contribution >= 0.6 is 0 Å². The maximum Gasteiger partial charge on any atom is 0.141 e. The van der Waals surface area contributed by atoms with Gasteiger partial charge in [0.2, 0.25) is 0 Å². The van der Waals surface area contributed by atoms with E-state index in [0.29, 0.717) is 23.7 Å². The fourth-order valence-electron chi connectivity index (χ4n) is 2.89. The van der Waals surface area contributed by atoms with Crippen LogP contribution in [0.2, 0.25) is 0 Å². The molecular weight excluding hydrogens is 366 g/mol. The van der Waals surface area contributed by atoms with Gasteiger partial charge in [0, 0.05) is 12.0 Å². The van der Waals surface area contributed by atoms with Crippen LogP contribution in [0.4, 0.5) is 0 Å². The van der Waals surface area contributed by atoms with E-state index in [4.69, 9.17) is 9.47 Å². The van der Waals surface area contributed by atoms with Crippen molar-refractivity contribution in [3.63, 3.8) is 0 Å². The van der Waals surface area contributed by atoms with Crippen molar-refractivity contribution in [3.05, 3.63) is 95.6 Å². The van der Waals surface area contributed by atoms with Gasteiger partial charge in [0.1, 0.15) is 30.3 Å². The Bertz CT molecular complexity index is 981. The van der Waals surface area contributed by atoms with Crippen LogP contribution in [0.15, 0.2) is 78.9 Å². The second-order valence-corrected chi connectivity index (χ2v) is 6.47. The average Bonchev–Trinajstić information content (AvgIpc) is 2.76. The monoisotopic (exact) mass is 386 g/mol. The minimum Gasteiger partial charge on any atom is -0.550 e. The predicted molar refractivity (Wildman–Crippen MR) is 106 cm³/mol. The molecule has 3 aromatic carbocycles. The minimum absolute atomic E-state index is 0.147. The topological polar surface area (TPSA) is 82.4 Å². The molecule has 0 aliphatic carbocycles. The lowest BCUT2D eigenvalue weighted by Gasteiger charge is -2.21. The van der Waals surface area contributed by atoms with Gasteiger partial charge >= 0.3 is 0 Å². The Labute approximate surface area is 169 Å². The Morgan fingerprint density at radius 1 is 1.00 bits per heavy atom. The molecule has 0 aliphatic rings. The van der Waals surface area contributed by atoms with E-state index in [0.717, 1.165) is 11.1 Å². The van der Waals surface area contributed by atoms with Crippen molar-refractivity contribution >= 4 is 5.97 Å². The van der Waals surface area contributed by atoms with Crippen molar-refractivity contribution in [1.29, 1.82) is 5.26 Å². The molecule has 5 nitrogen and oxygen atoms in total. The summed E-state index contributed by atoms with van der Waals surface area (Å²) >= 11 is 0. The summed E-state index contributed by atoms with van der Waals surface area (Å²) in [6, 6.07) is 26.2. The van der Waals surface area contributed by atoms with Crippen molar-refractivity contribution in [2.45, 2.75) is 25.6 Å². The first kappa shape index (κ1) is 20.0. The molecule has 5 heteroatoms. The normalized spacial score (nSPS) is 11.3. The Morgan fingerprint density at radius 2 is 1.69 bits per heavy atom. The maximum atomic E-state index is 10.9. The lowest BCUT2D eigenvalue weighted by atomic mass is 10.0. The molecular formula is C24H20NO4-. The molecule has 0 saturated heterocycles. The van der Waals surface area contributed by atoms with E-state index >= 15 is 0 Å². The number of benzene rings is 3. The molecule has 29 heavy (non-hydrogen) atoms. The van der Waals surface area contributed by atoms with Crippen LogP contribution in [0.1, 0.15) is 35.6 Å². The second-order valence-electron chi connectivity index (χ2n) is 6.47. The molecule has 0 bridgehead atoms. The van der Waals surface area contributed by atoms with Gasteiger partial charge in [0.25, 0.3) is 0 Å². The number of carboxylic acid groups (broad SMARTS) is 1. The van der Waals surface area contributed by atoms with E-state index < -0.39 is 12.1 Å². The van der Waals surface area contributed by atoms with Crippen molar-refractivity contribution in [2.75, 3.05) is 0 Å². The second kappa shape index (κ2) is 9.95. The molecule has 0 N–H and O–H groups in total. The number of hydrogen-bond donors (Lipinski definition) is 0. The molecule has 0 heterocycles. The summed E-state index contributed by atoms with van der Waals surface area (Å²) in [5.74, 6) is -0.227. The van der Waals surface area contributed by atoms with Gasteiger partial charge in [-0.25, -0.2) is 0 Å². The third kappa shape index (κ3) is 5.85.